The quantitative estimate of drug-likeness (QED) is 0.587. The molecular weight excluding hydrogens is 311 g/mol. The Morgan fingerprint density at radius 2 is 1.62 bits per heavy atom. The van der Waals surface area contributed by atoms with Gasteiger partial charge in [0.1, 0.15) is 17.1 Å². The van der Waals surface area contributed by atoms with Crippen molar-refractivity contribution in [2.24, 2.45) is 0 Å². The van der Waals surface area contributed by atoms with Gasteiger partial charge in [-0.2, -0.15) is 13.2 Å². The highest BCUT2D eigenvalue weighted by Crippen LogP contribution is 2.39. The van der Waals surface area contributed by atoms with Gasteiger partial charge in [0.05, 0.1) is 4.92 Å². The van der Waals surface area contributed by atoms with E-state index in [1.807, 2.05) is 0 Å². The van der Waals surface area contributed by atoms with Crippen LogP contribution >= 0.6 is 11.6 Å². The highest BCUT2D eigenvalue weighted by Gasteiger charge is 2.38. The Kier molecular flexibility index (Phi) is 4.04. The Labute approximate surface area is 121 Å². The third-order valence-electron chi connectivity index (χ3n) is 2.52. The smallest absolute Gasteiger partial charge is 0.423 e. The van der Waals surface area contributed by atoms with Crippen molar-refractivity contribution in [1.82, 2.24) is 0 Å². The Hall–Kier alpha value is -2.28. The number of halogens is 4. The minimum Gasteiger partial charge on any atom is -0.457 e. The van der Waals surface area contributed by atoms with Crippen LogP contribution in [0.2, 0.25) is 5.02 Å². The number of alkyl halides is 3. The molecule has 0 aliphatic heterocycles. The molecule has 0 unspecified atom stereocenters. The first-order valence-electron chi connectivity index (χ1n) is 5.56. The molecule has 0 fully saturated rings. The third kappa shape index (κ3) is 3.63. The number of rotatable bonds is 3. The second kappa shape index (κ2) is 5.61. The van der Waals surface area contributed by atoms with Crippen LogP contribution in [0.15, 0.2) is 42.5 Å². The van der Waals surface area contributed by atoms with Crippen LogP contribution in [0, 0.1) is 10.1 Å². The Balaban J connectivity index is 2.38. The average Bonchev–Trinajstić information content (AvgIpc) is 2.40. The first-order chi connectivity index (χ1) is 9.77. The predicted octanol–water partition coefficient (Wildman–Crippen LogP) is 5.06. The van der Waals surface area contributed by atoms with Gasteiger partial charge in [-0.1, -0.05) is 11.6 Å². The van der Waals surface area contributed by atoms with E-state index >= 15 is 0 Å². The standard InChI is InChI=1S/C13H7ClF3NO3/c14-8-1-3-9(4-2-8)21-10-5-6-12(18(19)20)11(7-10)13(15,16)17/h1-7H. The van der Waals surface area contributed by atoms with E-state index in [4.69, 9.17) is 16.3 Å². The van der Waals surface area contributed by atoms with E-state index in [-0.39, 0.29) is 11.5 Å². The van der Waals surface area contributed by atoms with E-state index in [2.05, 4.69) is 0 Å². The van der Waals surface area contributed by atoms with Gasteiger partial charge < -0.3 is 4.74 Å². The molecule has 21 heavy (non-hydrogen) atoms. The van der Waals surface area contributed by atoms with E-state index in [1.54, 1.807) is 0 Å². The maximum absolute atomic E-state index is 12.8. The van der Waals surface area contributed by atoms with E-state index in [9.17, 15) is 23.3 Å². The van der Waals surface area contributed by atoms with Crippen LogP contribution in [0.4, 0.5) is 18.9 Å². The zero-order valence-corrected chi connectivity index (χ0v) is 11.0. The van der Waals surface area contributed by atoms with Crippen molar-refractivity contribution in [2.45, 2.75) is 6.18 Å². The van der Waals surface area contributed by atoms with Gasteiger partial charge >= 0.3 is 6.18 Å². The monoisotopic (exact) mass is 317 g/mol. The van der Waals surface area contributed by atoms with Gasteiger partial charge in [-0.3, -0.25) is 10.1 Å². The maximum atomic E-state index is 12.8. The number of benzene rings is 2. The Morgan fingerprint density at radius 1 is 1.05 bits per heavy atom. The third-order valence-corrected chi connectivity index (χ3v) is 2.77. The number of ether oxygens (including phenoxy) is 1. The molecule has 0 bridgehead atoms. The van der Waals surface area contributed by atoms with Gasteiger partial charge in [-0.25, -0.2) is 0 Å². The Bertz CT molecular complexity index is 671. The van der Waals surface area contributed by atoms with Crippen molar-refractivity contribution >= 4 is 17.3 Å². The zero-order chi connectivity index (χ0) is 15.6. The van der Waals surface area contributed by atoms with Gasteiger partial charge in [-0.15, -0.1) is 0 Å². The molecule has 0 saturated carbocycles. The SMILES string of the molecule is O=[N+]([O-])c1ccc(Oc2ccc(Cl)cc2)cc1C(F)(F)F. The molecule has 0 saturated heterocycles. The second-order valence-electron chi connectivity index (χ2n) is 3.99. The van der Waals surface area contributed by atoms with E-state index < -0.39 is 22.4 Å². The summed E-state index contributed by atoms with van der Waals surface area (Å²) in [5.41, 5.74) is -2.38. The largest absolute Gasteiger partial charge is 0.457 e. The normalized spacial score (nSPS) is 11.2. The molecule has 0 aliphatic rings. The molecule has 2 rings (SSSR count). The lowest BCUT2D eigenvalue weighted by molar-refractivity contribution is -0.388. The number of nitro benzene ring substituents is 1. The van der Waals surface area contributed by atoms with Gasteiger partial charge in [0.25, 0.3) is 5.69 Å². The molecule has 2 aromatic carbocycles. The molecule has 4 nitrogen and oxygen atoms in total. The molecule has 0 radical (unpaired) electrons. The van der Waals surface area contributed by atoms with Crippen LogP contribution < -0.4 is 4.74 Å². The van der Waals surface area contributed by atoms with Crippen LogP contribution in [0.3, 0.4) is 0 Å². The van der Waals surface area contributed by atoms with Gasteiger partial charge in [-0.05, 0) is 36.4 Å². The second-order valence-corrected chi connectivity index (χ2v) is 4.43. The van der Waals surface area contributed by atoms with Crippen LogP contribution in [-0.2, 0) is 6.18 Å². The summed E-state index contributed by atoms with van der Waals surface area (Å²) in [6, 6.07) is 8.40. The highest BCUT2D eigenvalue weighted by molar-refractivity contribution is 6.30. The van der Waals surface area contributed by atoms with Crippen LogP contribution in [0.1, 0.15) is 5.56 Å². The van der Waals surface area contributed by atoms with Gasteiger partial charge in [0, 0.05) is 11.1 Å². The van der Waals surface area contributed by atoms with Crippen molar-refractivity contribution in [2.75, 3.05) is 0 Å². The average molecular weight is 318 g/mol. The van der Waals surface area contributed by atoms with E-state index in [0.717, 1.165) is 12.1 Å². The van der Waals surface area contributed by atoms with E-state index in [1.165, 1.54) is 24.3 Å². The van der Waals surface area contributed by atoms with Gasteiger partial charge in [0.2, 0.25) is 0 Å². The van der Waals surface area contributed by atoms with Crippen molar-refractivity contribution in [3.8, 4) is 11.5 Å². The maximum Gasteiger partial charge on any atom is 0.423 e. The number of nitrogens with zero attached hydrogens (tertiary/aromatic N) is 1. The number of hydrogen-bond donors (Lipinski definition) is 0. The van der Waals surface area contributed by atoms with Crippen molar-refractivity contribution in [3.05, 3.63) is 63.2 Å². The molecule has 0 aromatic heterocycles. The molecule has 0 aliphatic carbocycles. The molecule has 0 N–H and O–H groups in total. The summed E-state index contributed by atoms with van der Waals surface area (Å²) in [6.07, 6.45) is -4.85. The Morgan fingerprint density at radius 3 is 2.14 bits per heavy atom. The lowest BCUT2D eigenvalue weighted by Crippen LogP contribution is -2.09. The minimum atomic E-state index is -4.85. The molecule has 0 heterocycles. The zero-order valence-electron chi connectivity index (χ0n) is 10.2. The summed E-state index contributed by atoms with van der Waals surface area (Å²) in [6.45, 7) is 0. The lowest BCUT2D eigenvalue weighted by Gasteiger charge is -2.10. The first kappa shape index (κ1) is 15.1. The van der Waals surface area contributed by atoms with Gasteiger partial charge in [0.15, 0.2) is 0 Å². The summed E-state index contributed by atoms with van der Waals surface area (Å²) in [5, 5.41) is 11.1. The molecule has 0 amide bonds. The predicted molar refractivity (Wildman–Crippen MR) is 69.6 cm³/mol. The van der Waals surface area contributed by atoms with E-state index in [0.29, 0.717) is 11.1 Å². The van der Waals surface area contributed by atoms with Crippen LogP contribution in [0.5, 0.6) is 11.5 Å². The number of nitro groups is 1. The fraction of sp³-hybridized carbons (Fsp3) is 0.0769. The molecule has 0 atom stereocenters. The minimum absolute atomic E-state index is 0.157. The topological polar surface area (TPSA) is 52.4 Å². The van der Waals surface area contributed by atoms with Crippen molar-refractivity contribution in [3.63, 3.8) is 0 Å². The summed E-state index contributed by atoms with van der Waals surface area (Å²) >= 11 is 5.68. The van der Waals surface area contributed by atoms with Crippen molar-refractivity contribution in [1.29, 1.82) is 0 Å². The number of hydrogen-bond acceptors (Lipinski definition) is 3. The molecule has 8 heteroatoms. The molecule has 0 spiro atoms. The highest BCUT2D eigenvalue weighted by atomic mass is 35.5. The fourth-order valence-electron chi connectivity index (χ4n) is 1.60. The summed E-state index contributed by atoms with van der Waals surface area (Å²) in [5.74, 6) is 0.108. The fourth-order valence-corrected chi connectivity index (χ4v) is 1.73. The molecule has 110 valence electrons. The summed E-state index contributed by atoms with van der Waals surface area (Å²) < 4.78 is 43.6. The summed E-state index contributed by atoms with van der Waals surface area (Å²) in [4.78, 5) is 9.54. The van der Waals surface area contributed by atoms with Crippen LogP contribution in [-0.4, -0.2) is 4.92 Å². The van der Waals surface area contributed by atoms with Crippen LogP contribution in [0.25, 0.3) is 0 Å². The first-order valence-corrected chi connectivity index (χ1v) is 5.94. The molecular formula is C13H7ClF3NO3. The summed E-state index contributed by atoms with van der Waals surface area (Å²) in [7, 11) is 0. The van der Waals surface area contributed by atoms with Crippen molar-refractivity contribution < 1.29 is 22.8 Å². The molecule has 2 aromatic rings. The lowest BCUT2D eigenvalue weighted by atomic mass is 10.1.